The fourth-order valence-electron chi connectivity index (χ4n) is 4.26. The maximum Gasteiger partial charge on any atom is 0.194 e. The summed E-state index contributed by atoms with van der Waals surface area (Å²) in [6.45, 7) is 10.6. The zero-order chi connectivity index (χ0) is 24.0. The second kappa shape index (κ2) is 11.2. The number of carbonyl (C=O) groups is 2. The van der Waals surface area contributed by atoms with Gasteiger partial charge in [0.2, 0.25) is 0 Å². The predicted octanol–water partition coefficient (Wildman–Crippen LogP) is 7.99. The number of benzene rings is 2. The largest absolute Gasteiger partial charge is 0.289 e. The monoisotopic (exact) mass is 440 g/mol. The summed E-state index contributed by atoms with van der Waals surface area (Å²) in [6, 6.07) is 11.5. The molecule has 0 saturated carbocycles. The highest BCUT2D eigenvalue weighted by atomic mass is 16.1. The van der Waals surface area contributed by atoms with E-state index in [1.807, 2.05) is 36.4 Å². The molecule has 2 heteroatoms. The van der Waals surface area contributed by atoms with Crippen molar-refractivity contribution in [3.8, 4) is 0 Å². The van der Waals surface area contributed by atoms with Crippen LogP contribution >= 0.6 is 0 Å². The van der Waals surface area contributed by atoms with Crippen LogP contribution in [0.1, 0.15) is 103 Å². The SMILES string of the molecule is CC(C)=CCCC(C)=CCCc1ccc2c(c1)C(=O)c1ccc(CCC=C(C)C)cc1C2=O. The van der Waals surface area contributed by atoms with Gasteiger partial charge in [0, 0.05) is 22.3 Å². The van der Waals surface area contributed by atoms with E-state index in [0.717, 1.165) is 49.7 Å². The molecule has 33 heavy (non-hydrogen) atoms. The Hall–Kier alpha value is -3.00. The molecule has 172 valence electrons. The van der Waals surface area contributed by atoms with Gasteiger partial charge >= 0.3 is 0 Å². The molecular weight excluding hydrogens is 404 g/mol. The third-order valence-electron chi connectivity index (χ3n) is 6.15. The van der Waals surface area contributed by atoms with Crippen molar-refractivity contribution in [1.29, 1.82) is 0 Å². The molecular formula is C31H36O2. The average molecular weight is 441 g/mol. The summed E-state index contributed by atoms with van der Waals surface area (Å²) in [5, 5.41) is 0. The number of aryl methyl sites for hydroxylation is 2. The second-order valence-corrected chi connectivity index (χ2v) is 9.65. The molecule has 0 fully saturated rings. The third-order valence-corrected chi connectivity index (χ3v) is 6.15. The number of hydrogen-bond acceptors (Lipinski definition) is 2. The van der Waals surface area contributed by atoms with E-state index >= 15 is 0 Å². The van der Waals surface area contributed by atoms with Gasteiger partial charge in [0.15, 0.2) is 11.6 Å². The first-order valence-corrected chi connectivity index (χ1v) is 12.0. The third kappa shape index (κ3) is 6.51. The molecule has 0 aromatic heterocycles. The average Bonchev–Trinajstić information content (AvgIpc) is 2.77. The maximum absolute atomic E-state index is 13.2. The van der Waals surface area contributed by atoms with E-state index in [4.69, 9.17) is 0 Å². The molecule has 3 rings (SSSR count). The van der Waals surface area contributed by atoms with Crippen molar-refractivity contribution in [2.45, 2.75) is 73.1 Å². The normalized spacial score (nSPS) is 12.8. The number of hydrogen-bond donors (Lipinski definition) is 0. The van der Waals surface area contributed by atoms with Crippen LogP contribution in [-0.4, -0.2) is 11.6 Å². The van der Waals surface area contributed by atoms with E-state index in [1.54, 1.807) is 0 Å². The molecule has 0 saturated heterocycles. The predicted molar refractivity (Wildman–Crippen MR) is 138 cm³/mol. The first kappa shape index (κ1) is 24.6. The zero-order valence-electron chi connectivity index (χ0n) is 20.8. The van der Waals surface area contributed by atoms with Crippen LogP contribution in [0.2, 0.25) is 0 Å². The van der Waals surface area contributed by atoms with Crippen LogP contribution < -0.4 is 0 Å². The summed E-state index contributed by atoms with van der Waals surface area (Å²) in [5.74, 6) is -0.0732. The quantitative estimate of drug-likeness (QED) is 0.316. The van der Waals surface area contributed by atoms with Crippen LogP contribution in [0.15, 0.2) is 71.3 Å². The Labute approximate surface area is 199 Å². The Morgan fingerprint density at radius 2 is 1.06 bits per heavy atom. The highest BCUT2D eigenvalue weighted by Gasteiger charge is 2.29. The van der Waals surface area contributed by atoms with Gasteiger partial charge < -0.3 is 0 Å². The number of allylic oxidation sites excluding steroid dienone is 6. The van der Waals surface area contributed by atoms with E-state index in [9.17, 15) is 9.59 Å². The highest BCUT2D eigenvalue weighted by molar-refractivity contribution is 6.28. The van der Waals surface area contributed by atoms with Gasteiger partial charge in [-0.2, -0.15) is 0 Å². The Morgan fingerprint density at radius 1 is 0.606 bits per heavy atom. The topological polar surface area (TPSA) is 34.1 Å². The van der Waals surface area contributed by atoms with E-state index in [1.165, 1.54) is 16.7 Å². The summed E-state index contributed by atoms with van der Waals surface area (Å²) in [7, 11) is 0. The van der Waals surface area contributed by atoms with Crippen molar-refractivity contribution >= 4 is 11.6 Å². The second-order valence-electron chi connectivity index (χ2n) is 9.65. The molecule has 0 heterocycles. The van der Waals surface area contributed by atoms with E-state index < -0.39 is 0 Å². The molecule has 0 atom stereocenters. The molecule has 0 amide bonds. The summed E-state index contributed by atoms with van der Waals surface area (Å²) < 4.78 is 0. The molecule has 0 N–H and O–H groups in total. The number of rotatable bonds is 9. The summed E-state index contributed by atoms with van der Waals surface area (Å²) in [6.07, 6.45) is 12.5. The molecule has 2 nitrogen and oxygen atoms in total. The minimum absolute atomic E-state index is 0.0363. The van der Waals surface area contributed by atoms with Gasteiger partial charge in [0.05, 0.1) is 0 Å². The van der Waals surface area contributed by atoms with Crippen LogP contribution in [0, 0.1) is 0 Å². The lowest BCUT2D eigenvalue weighted by Gasteiger charge is -2.19. The molecule has 0 bridgehead atoms. The van der Waals surface area contributed by atoms with Gasteiger partial charge in [-0.1, -0.05) is 59.2 Å². The molecule has 1 aliphatic rings. The lowest BCUT2D eigenvalue weighted by Crippen LogP contribution is -2.21. The van der Waals surface area contributed by atoms with E-state index in [0.29, 0.717) is 22.3 Å². The molecule has 0 aliphatic heterocycles. The van der Waals surface area contributed by atoms with Crippen LogP contribution in [0.25, 0.3) is 0 Å². The van der Waals surface area contributed by atoms with Crippen molar-refractivity contribution in [2.75, 3.05) is 0 Å². The lowest BCUT2D eigenvalue weighted by molar-refractivity contribution is 0.0979. The first-order valence-electron chi connectivity index (χ1n) is 12.0. The van der Waals surface area contributed by atoms with Crippen molar-refractivity contribution in [3.63, 3.8) is 0 Å². The minimum Gasteiger partial charge on any atom is -0.289 e. The Morgan fingerprint density at radius 3 is 1.55 bits per heavy atom. The number of carbonyl (C=O) groups excluding carboxylic acids is 2. The van der Waals surface area contributed by atoms with Crippen LogP contribution in [0.4, 0.5) is 0 Å². The van der Waals surface area contributed by atoms with Crippen molar-refractivity contribution < 1.29 is 9.59 Å². The fourth-order valence-corrected chi connectivity index (χ4v) is 4.26. The first-order chi connectivity index (χ1) is 15.8. The highest BCUT2D eigenvalue weighted by Crippen LogP contribution is 2.29. The summed E-state index contributed by atoms with van der Waals surface area (Å²) in [5.41, 5.74) is 8.40. The molecule has 2 aromatic carbocycles. The van der Waals surface area contributed by atoms with Crippen molar-refractivity contribution in [1.82, 2.24) is 0 Å². The van der Waals surface area contributed by atoms with E-state index in [-0.39, 0.29) is 11.6 Å². The Balaban J connectivity index is 1.71. The van der Waals surface area contributed by atoms with Gasteiger partial charge in [-0.3, -0.25) is 9.59 Å². The summed E-state index contributed by atoms with van der Waals surface area (Å²) in [4.78, 5) is 26.4. The Kier molecular flexibility index (Phi) is 8.38. The zero-order valence-corrected chi connectivity index (χ0v) is 20.8. The minimum atomic E-state index is -0.0368. The smallest absolute Gasteiger partial charge is 0.194 e. The summed E-state index contributed by atoms with van der Waals surface area (Å²) >= 11 is 0. The van der Waals surface area contributed by atoms with Gasteiger partial charge in [-0.05, 0) is 96.4 Å². The molecule has 2 aromatic rings. The van der Waals surface area contributed by atoms with Crippen LogP contribution in [0.5, 0.6) is 0 Å². The molecule has 0 radical (unpaired) electrons. The lowest BCUT2D eigenvalue weighted by atomic mass is 9.82. The van der Waals surface area contributed by atoms with Gasteiger partial charge in [0.25, 0.3) is 0 Å². The van der Waals surface area contributed by atoms with Gasteiger partial charge in [-0.25, -0.2) is 0 Å². The molecule has 0 spiro atoms. The maximum atomic E-state index is 13.2. The molecule has 1 aliphatic carbocycles. The number of fused-ring (bicyclic) bond motifs is 2. The number of ketones is 2. The van der Waals surface area contributed by atoms with Crippen molar-refractivity contribution in [2.24, 2.45) is 0 Å². The van der Waals surface area contributed by atoms with Crippen LogP contribution in [0.3, 0.4) is 0 Å². The van der Waals surface area contributed by atoms with Crippen LogP contribution in [-0.2, 0) is 12.8 Å². The Bertz CT molecular complexity index is 1130. The van der Waals surface area contributed by atoms with E-state index in [2.05, 4.69) is 52.8 Å². The fraction of sp³-hybridized carbons (Fsp3) is 0.355. The van der Waals surface area contributed by atoms with Crippen molar-refractivity contribution in [3.05, 3.63) is 105 Å². The standard InChI is InChI=1S/C31H36O2/c1-21(2)9-6-11-23(5)12-8-14-25-16-18-27-29(20-25)31(33)26-17-15-24(13-7-10-22(3)4)19-28(26)30(27)32/h9-10,12,15-20H,6-8,11,13-14H2,1-5H3. The van der Waals surface area contributed by atoms with Gasteiger partial charge in [-0.15, -0.1) is 0 Å². The van der Waals surface area contributed by atoms with Gasteiger partial charge in [0.1, 0.15) is 0 Å². The molecule has 0 unspecified atom stereocenters.